The van der Waals surface area contributed by atoms with Gasteiger partial charge < -0.3 is 10.2 Å². The third kappa shape index (κ3) is 5.63. The maximum absolute atomic E-state index is 10.7. The molecule has 35 heavy (non-hydrogen) atoms. The van der Waals surface area contributed by atoms with Gasteiger partial charge in [0.15, 0.2) is 0 Å². The van der Waals surface area contributed by atoms with Crippen LogP contribution in [0.3, 0.4) is 0 Å². The van der Waals surface area contributed by atoms with Crippen LogP contribution < -0.4 is 0 Å². The largest absolute Gasteiger partial charge is 0.507 e. The first-order valence-corrected chi connectivity index (χ1v) is 13.3. The first-order chi connectivity index (χ1) is 16.6. The lowest BCUT2D eigenvalue weighted by Gasteiger charge is -2.28. The second-order valence-electron chi connectivity index (χ2n) is 11.9. The normalized spacial score (nSPS) is 24.1. The Kier molecular flexibility index (Phi) is 7.40. The van der Waals surface area contributed by atoms with Crippen molar-refractivity contribution in [2.24, 2.45) is 27.7 Å². The highest BCUT2D eigenvalue weighted by Gasteiger charge is 2.52. The molecular formula is C31H42N2O2. The summed E-state index contributed by atoms with van der Waals surface area (Å²) in [4.78, 5) is 10.2. The average Bonchev–Trinajstić information content (AvgIpc) is 3.34. The Morgan fingerprint density at radius 3 is 1.94 bits per heavy atom. The van der Waals surface area contributed by atoms with Gasteiger partial charge in [-0.1, -0.05) is 39.8 Å². The Morgan fingerprint density at radius 2 is 1.43 bits per heavy atom. The van der Waals surface area contributed by atoms with Crippen LogP contribution in [-0.4, -0.2) is 34.2 Å². The first-order valence-electron chi connectivity index (χ1n) is 13.3. The smallest absolute Gasteiger partial charge is 0.127 e. The number of aliphatic imine (C=N–C) groups is 2. The Balaban J connectivity index is 1.60. The molecule has 3 unspecified atom stereocenters. The zero-order chi connectivity index (χ0) is 25.3. The van der Waals surface area contributed by atoms with Crippen molar-refractivity contribution in [3.8, 4) is 11.5 Å². The van der Waals surface area contributed by atoms with Crippen molar-refractivity contribution in [2.75, 3.05) is 0 Å². The quantitative estimate of drug-likeness (QED) is 0.406. The molecule has 2 aromatic rings. The van der Waals surface area contributed by atoms with Crippen LogP contribution in [0.25, 0.3) is 0 Å². The number of hydrogen-bond acceptors (Lipinski definition) is 4. The van der Waals surface area contributed by atoms with E-state index in [1.54, 1.807) is 0 Å². The van der Waals surface area contributed by atoms with Crippen LogP contribution in [0.15, 0.2) is 34.3 Å². The Morgan fingerprint density at radius 1 is 0.886 bits per heavy atom. The molecule has 0 spiro atoms. The summed E-state index contributed by atoms with van der Waals surface area (Å²) in [6, 6.07) is 8.44. The summed E-state index contributed by atoms with van der Waals surface area (Å²) in [7, 11) is 0. The van der Waals surface area contributed by atoms with Crippen molar-refractivity contribution in [2.45, 2.75) is 91.6 Å². The zero-order valence-electron chi connectivity index (χ0n) is 22.3. The Labute approximate surface area is 211 Å². The SMILES string of the molecule is Cc1cc(CC(C)C)cc(C=NC2CC3CCC2(N=Cc2cc(CC(C)C)cc(C)c2O)C3)c1O. The van der Waals surface area contributed by atoms with Crippen molar-refractivity contribution >= 4 is 12.4 Å². The van der Waals surface area contributed by atoms with E-state index < -0.39 is 0 Å². The fourth-order valence-corrected chi connectivity index (χ4v) is 6.11. The van der Waals surface area contributed by atoms with Gasteiger partial charge in [-0.25, -0.2) is 0 Å². The van der Waals surface area contributed by atoms with Gasteiger partial charge in [-0.15, -0.1) is 0 Å². The molecule has 0 radical (unpaired) electrons. The van der Waals surface area contributed by atoms with E-state index in [0.717, 1.165) is 54.4 Å². The van der Waals surface area contributed by atoms with Crippen molar-refractivity contribution < 1.29 is 10.2 Å². The molecule has 2 bridgehead atoms. The van der Waals surface area contributed by atoms with E-state index >= 15 is 0 Å². The second kappa shape index (κ2) is 10.2. The topological polar surface area (TPSA) is 65.2 Å². The second-order valence-corrected chi connectivity index (χ2v) is 11.9. The fraction of sp³-hybridized carbons (Fsp3) is 0.548. The molecule has 4 nitrogen and oxygen atoms in total. The van der Waals surface area contributed by atoms with Crippen LogP contribution >= 0.6 is 0 Å². The fourth-order valence-electron chi connectivity index (χ4n) is 6.11. The molecule has 3 atom stereocenters. The maximum atomic E-state index is 10.7. The molecule has 2 saturated carbocycles. The highest BCUT2D eigenvalue weighted by Crippen LogP contribution is 2.51. The van der Waals surface area contributed by atoms with Gasteiger partial charge in [0.2, 0.25) is 0 Å². The predicted molar refractivity (Wildman–Crippen MR) is 146 cm³/mol. The lowest BCUT2D eigenvalue weighted by Crippen LogP contribution is -2.34. The summed E-state index contributed by atoms with van der Waals surface area (Å²) in [5.41, 5.74) is 5.68. The number of aromatic hydroxyl groups is 2. The molecule has 2 aromatic carbocycles. The van der Waals surface area contributed by atoms with E-state index in [4.69, 9.17) is 9.98 Å². The molecule has 2 aliphatic rings. The third-order valence-electron chi connectivity index (χ3n) is 7.73. The number of aryl methyl sites for hydroxylation is 2. The summed E-state index contributed by atoms with van der Waals surface area (Å²) in [5.74, 6) is 2.42. The van der Waals surface area contributed by atoms with Crippen LogP contribution in [0, 0.1) is 31.6 Å². The zero-order valence-corrected chi connectivity index (χ0v) is 22.3. The highest BCUT2D eigenvalue weighted by molar-refractivity contribution is 5.86. The summed E-state index contributed by atoms with van der Waals surface area (Å²) in [6.07, 6.45) is 10.1. The summed E-state index contributed by atoms with van der Waals surface area (Å²) in [6.45, 7) is 12.8. The van der Waals surface area contributed by atoms with Gasteiger partial charge in [0.05, 0.1) is 11.6 Å². The summed E-state index contributed by atoms with van der Waals surface area (Å²) in [5, 5.41) is 21.4. The van der Waals surface area contributed by atoms with Crippen LogP contribution in [0.5, 0.6) is 11.5 Å². The van der Waals surface area contributed by atoms with Gasteiger partial charge in [0.25, 0.3) is 0 Å². The number of nitrogens with zero attached hydrogens (tertiary/aromatic N) is 2. The number of fused-ring (bicyclic) bond motifs is 2. The highest BCUT2D eigenvalue weighted by atomic mass is 16.3. The average molecular weight is 475 g/mol. The number of phenolic OH excluding ortho intramolecular Hbond substituents is 2. The number of benzene rings is 2. The van der Waals surface area contributed by atoms with Crippen molar-refractivity contribution in [3.63, 3.8) is 0 Å². The molecule has 4 heteroatoms. The molecule has 2 fully saturated rings. The molecule has 2 N–H and O–H groups in total. The van der Waals surface area contributed by atoms with E-state index in [-0.39, 0.29) is 11.6 Å². The van der Waals surface area contributed by atoms with Gasteiger partial charge in [-0.05, 0) is 105 Å². The van der Waals surface area contributed by atoms with E-state index in [1.165, 1.54) is 17.5 Å². The van der Waals surface area contributed by atoms with Crippen LogP contribution in [-0.2, 0) is 12.8 Å². The Bertz CT molecular complexity index is 1130. The van der Waals surface area contributed by atoms with E-state index in [2.05, 4.69) is 52.0 Å². The predicted octanol–water partition coefficient (Wildman–Crippen LogP) is 6.96. The molecule has 0 saturated heterocycles. The molecule has 2 aliphatic carbocycles. The molecule has 188 valence electrons. The minimum atomic E-state index is -0.213. The molecule has 0 aromatic heterocycles. The lowest BCUT2D eigenvalue weighted by atomic mass is 9.89. The molecule has 4 rings (SSSR count). The standard InChI is InChI=1S/C31H42N2O2/c1-19(2)9-24-11-21(5)29(34)26(13-24)17-32-28-15-23-7-8-31(28,16-23)33-18-27-14-25(10-20(3)4)12-22(6)30(27)35/h11-14,17-20,23,28,34-35H,7-10,15-16H2,1-6H3. The minimum Gasteiger partial charge on any atom is -0.507 e. The van der Waals surface area contributed by atoms with Gasteiger partial charge in [-0.3, -0.25) is 9.98 Å². The number of hydrogen-bond donors (Lipinski definition) is 2. The summed E-state index contributed by atoms with van der Waals surface area (Å²) < 4.78 is 0. The van der Waals surface area contributed by atoms with Gasteiger partial charge in [-0.2, -0.15) is 0 Å². The Hall–Kier alpha value is -2.62. The van der Waals surface area contributed by atoms with Crippen molar-refractivity contribution in [1.82, 2.24) is 0 Å². The third-order valence-corrected chi connectivity index (χ3v) is 7.73. The van der Waals surface area contributed by atoms with Crippen LogP contribution in [0.2, 0.25) is 0 Å². The van der Waals surface area contributed by atoms with Gasteiger partial charge in [0.1, 0.15) is 11.5 Å². The first kappa shape index (κ1) is 25.5. The van der Waals surface area contributed by atoms with Crippen LogP contribution in [0.4, 0.5) is 0 Å². The van der Waals surface area contributed by atoms with Crippen molar-refractivity contribution in [1.29, 1.82) is 0 Å². The van der Waals surface area contributed by atoms with Crippen LogP contribution in [0.1, 0.15) is 86.8 Å². The number of rotatable bonds is 8. The molecule has 0 heterocycles. The summed E-state index contributed by atoms with van der Waals surface area (Å²) >= 11 is 0. The van der Waals surface area contributed by atoms with E-state index in [0.29, 0.717) is 29.3 Å². The number of phenols is 2. The van der Waals surface area contributed by atoms with E-state index in [1.807, 2.05) is 26.3 Å². The monoisotopic (exact) mass is 474 g/mol. The van der Waals surface area contributed by atoms with Gasteiger partial charge in [0, 0.05) is 23.6 Å². The van der Waals surface area contributed by atoms with E-state index in [9.17, 15) is 10.2 Å². The maximum Gasteiger partial charge on any atom is 0.127 e. The lowest BCUT2D eigenvalue weighted by molar-refractivity contribution is 0.367. The van der Waals surface area contributed by atoms with Gasteiger partial charge >= 0.3 is 0 Å². The van der Waals surface area contributed by atoms with Crippen molar-refractivity contribution in [3.05, 3.63) is 57.6 Å². The molecule has 0 aliphatic heterocycles. The minimum absolute atomic E-state index is 0.105. The molecule has 0 amide bonds. The molecular weight excluding hydrogens is 432 g/mol.